The van der Waals surface area contributed by atoms with Crippen molar-refractivity contribution in [2.24, 2.45) is 0 Å². The van der Waals surface area contributed by atoms with Crippen LogP contribution in [0.5, 0.6) is 5.75 Å². The smallest absolute Gasteiger partial charge is 0.300 e. The maximum atomic E-state index is 13.4. The van der Waals surface area contributed by atoms with Crippen molar-refractivity contribution in [2.45, 2.75) is 32.2 Å². The normalized spacial score (nSPS) is 17.8. The van der Waals surface area contributed by atoms with Gasteiger partial charge in [0.2, 0.25) is 0 Å². The number of carbonyl (C=O) groups is 2. The second kappa shape index (κ2) is 9.06. The number of aromatic nitrogens is 1. The Morgan fingerprint density at radius 1 is 1.06 bits per heavy atom. The largest absolute Gasteiger partial charge is 0.507 e. The van der Waals surface area contributed by atoms with Crippen LogP contribution in [0.2, 0.25) is 0 Å². The van der Waals surface area contributed by atoms with Crippen LogP contribution in [0.15, 0.2) is 77.0 Å². The molecule has 1 aliphatic heterocycles. The van der Waals surface area contributed by atoms with Crippen LogP contribution in [0.1, 0.15) is 43.5 Å². The summed E-state index contributed by atoms with van der Waals surface area (Å²) in [6.45, 7) is 6.17. The Balaban J connectivity index is 1.99. The number of Topliss-reactive ketones (excluding diaryl/α,β-unsaturated/α-hetero) is 1. The number of pyridine rings is 1. The lowest BCUT2D eigenvalue weighted by Gasteiger charge is -2.26. The number of amides is 1. The molecule has 1 aliphatic rings. The summed E-state index contributed by atoms with van der Waals surface area (Å²) in [5, 5.41) is 11.5. The molecule has 0 bridgehead atoms. The van der Waals surface area contributed by atoms with E-state index in [0.29, 0.717) is 22.6 Å². The summed E-state index contributed by atoms with van der Waals surface area (Å²) >= 11 is 3.44. The van der Waals surface area contributed by atoms with Crippen LogP contribution in [0.3, 0.4) is 0 Å². The molecule has 1 N–H and O–H groups in total. The Morgan fingerprint density at radius 3 is 2.38 bits per heavy atom. The monoisotopic (exact) mass is 520 g/mol. The number of methoxy groups -OCH3 is 1. The highest BCUT2D eigenvalue weighted by Gasteiger charge is 2.47. The van der Waals surface area contributed by atoms with Crippen LogP contribution >= 0.6 is 15.9 Å². The van der Waals surface area contributed by atoms with Crippen LogP contribution in [0.4, 0.5) is 5.69 Å². The van der Waals surface area contributed by atoms with E-state index >= 15 is 0 Å². The minimum absolute atomic E-state index is 0.000495. The molecule has 0 aliphatic carbocycles. The van der Waals surface area contributed by atoms with Crippen LogP contribution in [-0.4, -0.2) is 28.9 Å². The average Bonchev–Trinajstić information content (AvgIpc) is 3.08. The van der Waals surface area contributed by atoms with E-state index in [-0.39, 0.29) is 16.7 Å². The van der Waals surface area contributed by atoms with Crippen molar-refractivity contribution in [3.63, 3.8) is 0 Å². The first-order valence-corrected chi connectivity index (χ1v) is 11.6. The third-order valence-electron chi connectivity index (χ3n) is 5.87. The van der Waals surface area contributed by atoms with Crippen molar-refractivity contribution in [1.82, 2.24) is 4.98 Å². The van der Waals surface area contributed by atoms with Gasteiger partial charge in [-0.3, -0.25) is 19.5 Å². The lowest BCUT2D eigenvalue weighted by atomic mass is 9.85. The molecule has 6 nitrogen and oxygen atoms in total. The van der Waals surface area contributed by atoms with Crippen LogP contribution in [0.25, 0.3) is 5.76 Å². The maximum absolute atomic E-state index is 13.4. The molecule has 1 saturated heterocycles. The lowest BCUT2D eigenvalue weighted by Crippen LogP contribution is -2.29. The van der Waals surface area contributed by atoms with Crippen molar-refractivity contribution in [3.8, 4) is 5.75 Å². The Kier molecular flexibility index (Phi) is 6.32. The molecule has 4 rings (SSSR count). The Hall–Kier alpha value is -3.45. The molecular weight excluding hydrogens is 496 g/mol. The molecule has 1 atom stereocenters. The SMILES string of the molecule is COc1ccc(C(C)(C)C)cc1/C(O)=C1\C(=O)C(=O)N(c2cccc(Br)c2)C1c1ccncc1. The summed E-state index contributed by atoms with van der Waals surface area (Å²) < 4.78 is 6.27. The number of ketones is 1. The number of benzene rings is 2. The molecule has 7 heteroatoms. The Morgan fingerprint density at radius 2 is 1.76 bits per heavy atom. The van der Waals surface area contributed by atoms with Crippen molar-refractivity contribution in [1.29, 1.82) is 0 Å². The van der Waals surface area contributed by atoms with E-state index in [9.17, 15) is 14.7 Å². The summed E-state index contributed by atoms with van der Waals surface area (Å²) in [5.41, 5.74) is 2.31. The molecular formula is C27H25BrN2O4. The molecule has 3 aromatic rings. The molecule has 1 amide bonds. The minimum Gasteiger partial charge on any atom is -0.507 e. The molecule has 0 saturated carbocycles. The second-order valence-electron chi connectivity index (χ2n) is 9.09. The van der Waals surface area contributed by atoms with Gasteiger partial charge in [-0.05, 0) is 59.0 Å². The van der Waals surface area contributed by atoms with E-state index in [1.165, 1.54) is 12.0 Å². The number of carbonyl (C=O) groups excluding carboxylic acids is 2. The zero-order chi connectivity index (χ0) is 24.6. The van der Waals surface area contributed by atoms with Crippen LogP contribution < -0.4 is 9.64 Å². The molecule has 2 heterocycles. The van der Waals surface area contributed by atoms with Gasteiger partial charge in [-0.2, -0.15) is 0 Å². The van der Waals surface area contributed by atoms with Gasteiger partial charge in [-0.15, -0.1) is 0 Å². The molecule has 1 aromatic heterocycles. The number of hydrogen-bond acceptors (Lipinski definition) is 5. The van der Waals surface area contributed by atoms with Gasteiger partial charge in [0.05, 0.1) is 24.3 Å². The van der Waals surface area contributed by atoms with E-state index in [0.717, 1.165) is 10.0 Å². The summed E-state index contributed by atoms with van der Waals surface area (Å²) in [6.07, 6.45) is 3.19. The zero-order valence-corrected chi connectivity index (χ0v) is 21.0. The lowest BCUT2D eigenvalue weighted by molar-refractivity contribution is -0.132. The summed E-state index contributed by atoms with van der Waals surface area (Å²) in [6, 6.07) is 15.3. The van der Waals surface area contributed by atoms with Crippen LogP contribution in [-0.2, 0) is 15.0 Å². The van der Waals surface area contributed by atoms with E-state index in [2.05, 4.69) is 41.7 Å². The van der Waals surface area contributed by atoms with Gasteiger partial charge < -0.3 is 9.84 Å². The molecule has 0 radical (unpaired) electrons. The van der Waals surface area contributed by atoms with Gasteiger partial charge in [0, 0.05) is 22.6 Å². The average molecular weight is 521 g/mol. The minimum atomic E-state index is -0.833. The van der Waals surface area contributed by atoms with E-state index in [1.54, 1.807) is 48.8 Å². The summed E-state index contributed by atoms with van der Waals surface area (Å²) in [7, 11) is 1.50. The van der Waals surface area contributed by atoms with Gasteiger partial charge in [0.1, 0.15) is 11.5 Å². The standard InChI is InChI=1S/C27H25BrN2O4/c1-27(2,3)17-8-9-21(34-4)20(14-17)24(31)22-23(16-10-12-29-13-11-16)30(26(33)25(22)32)19-7-5-6-18(28)15-19/h5-15,23,31H,1-4H3/b24-22+. The second-order valence-corrected chi connectivity index (χ2v) is 10.0. The number of nitrogens with zero attached hydrogens (tertiary/aromatic N) is 2. The van der Waals surface area contributed by atoms with Gasteiger partial charge in [-0.1, -0.05) is 48.8 Å². The predicted octanol–water partition coefficient (Wildman–Crippen LogP) is 5.78. The fourth-order valence-electron chi connectivity index (χ4n) is 4.09. The highest BCUT2D eigenvalue weighted by Crippen LogP contribution is 2.44. The molecule has 2 aromatic carbocycles. The first-order chi connectivity index (χ1) is 16.1. The summed E-state index contributed by atoms with van der Waals surface area (Å²) in [5.74, 6) is -1.34. The quantitative estimate of drug-likeness (QED) is 0.268. The van der Waals surface area contributed by atoms with Gasteiger partial charge in [0.15, 0.2) is 0 Å². The number of hydrogen-bond donors (Lipinski definition) is 1. The van der Waals surface area contributed by atoms with Crippen LogP contribution in [0, 0.1) is 0 Å². The number of rotatable bonds is 4. The molecule has 0 spiro atoms. The van der Waals surface area contributed by atoms with Gasteiger partial charge in [-0.25, -0.2) is 0 Å². The van der Waals surface area contributed by atoms with Crippen molar-refractivity contribution in [2.75, 3.05) is 12.0 Å². The maximum Gasteiger partial charge on any atom is 0.300 e. The third-order valence-corrected chi connectivity index (χ3v) is 6.37. The number of ether oxygens (including phenoxy) is 1. The first-order valence-electron chi connectivity index (χ1n) is 10.8. The fourth-order valence-corrected chi connectivity index (χ4v) is 4.48. The highest BCUT2D eigenvalue weighted by atomic mass is 79.9. The topological polar surface area (TPSA) is 79.7 Å². The first kappa shape index (κ1) is 23.7. The molecule has 1 unspecified atom stereocenters. The van der Waals surface area contributed by atoms with E-state index in [1.807, 2.05) is 18.2 Å². The Bertz CT molecular complexity index is 1300. The number of aliphatic hydroxyl groups excluding tert-OH is 1. The van der Waals surface area contributed by atoms with Gasteiger partial charge in [0.25, 0.3) is 11.7 Å². The highest BCUT2D eigenvalue weighted by molar-refractivity contribution is 9.10. The Labute approximate surface area is 207 Å². The van der Waals surface area contributed by atoms with E-state index in [4.69, 9.17) is 4.74 Å². The number of halogens is 1. The molecule has 1 fully saturated rings. The number of anilines is 1. The molecule has 174 valence electrons. The van der Waals surface area contributed by atoms with Crippen molar-refractivity contribution < 1.29 is 19.4 Å². The third kappa shape index (κ3) is 4.23. The van der Waals surface area contributed by atoms with Crippen molar-refractivity contribution in [3.05, 3.63) is 93.7 Å². The zero-order valence-electron chi connectivity index (χ0n) is 19.4. The predicted molar refractivity (Wildman–Crippen MR) is 135 cm³/mol. The molecule has 34 heavy (non-hydrogen) atoms. The fraction of sp³-hybridized carbons (Fsp3) is 0.222. The number of aliphatic hydroxyl groups is 1. The van der Waals surface area contributed by atoms with Crippen molar-refractivity contribution >= 4 is 39.1 Å². The van der Waals surface area contributed by atoms with Gasteiger partial charge >= 0.3 is 0 Å². The summed E-state index contributed by atoms with van der Waals surface area (Å²) in [4.78, 5) is 32.2. The van der Waals surface area contributed by atoms with E-state index < -0.39 is 17.7 Å².